The van der Waals surface area contributed by atoms with Crippen molar-refractivity contribution in [3.63, 3.8) is 0 Å². The fraction of sp³-hybridized carbons (Fsp3) is 0.500. The molecular formula is C14H19NO2S. The minimum absolute atomic E-state index is 0.0850. The highest BCUT2D eigenvalue weighted by atomic mass is 32.2. The Kier molecular flexibility index (Phi) is 3.85. The lowest BCUT2D eigenvalue weighted by Gasteiger charge is -2.40. The Morgan fingerprint density at radius 3 is 2.78 bits per heavy atom. The van der Waals surface area contributed by atoms with E-state index in [-0.39, 0.29) is 16.4 Å². The molecule has 1 aromatic rings. The molecule has 1 aromatic carbocycles. The molecule has 1 saturated carbocycles. The number of amides is 1. The largest absolute Gasteiger partial charge is 0.507 e. The first-order valence-corrected chi connectivity index (χ1v) is 7.42. The lowest BCUT2D eigenvalue weighted by molar-refractivity contribution is 0.0941. The van der Waals surface area contributed by atoms with Gasteiger partial charge in [0, 0.05) is 11.3 Å². The summed E-state index contributed by atoms with van der Waals surface area (Å²) in [7, 11) is 0. The van der Waals surface area contributed by atoms with Crippen molar-refractivity contribution in [2.24, 2.45) is 0 Å². The zero-order valence-electron chi connectivity index (χ0n) is 10.8. The first-order valence-electron chi connectivity index (χ1n) is 6.20. The number of carbonyl (C=O) groups excluding carboxylic acids is 1. The smallest absolute Gasteiger partial charge is 0.255 e. The molecule has 0 saturated heterocycles. The zero-order valence-corrected chi connectivity index (χ0v) is 11.6. The Morgan fingerprint density at radius 1 is 1.50 bits per heavy atom. The highest BCUT2D eigenvalue weighted by Crippen LogP contribution is 2.42. The third-order valence-electron chi connectivity index (χ3n) is 3.75. The Labute approximate surface area is 112 Å². The maximum atomic E-state index is 12.0. The van der Waals surface area contributed by atoms with Crippen LogP contribution in [-0.4, -0.2) is 28.6 Å². The number of phenolic OH excluding ortho intramolecular Hbond substituents is 1. The number of para-hydroxylation sites is 1. The summed E-state index contributed by atoms with van der Waals surface area (Å²) < 4.78 is 0.217. The van der Waals surface area contributed by atoms with Crippen LogP contribution in [-0.2, 0) is 0 Å². The zero-order chi connectivity index (χ0) is 13.2. The van der Waals surface area contributed by atoms with E-state index in [9.17, 15) is 9.90 Å². The van der Waals surface area contributed by atoms with Gasteiger partial charge in [0.15, 0.2) is 0 Å². The summed E-state index contributed by atoms with van der Waals surface area (Å²) in [5.74, 6) is -0.0988. The van der Waals surface area contributed by atoms with Crippen molar-refractivity contribution >= 4 is 17.7 Å². The van der Waals surface area contributed by atoms with Gasteiger partial charge >= 0.3 is 0 Å². The molecule has 0 heterocycles. The van der Waals surface area contributed by atoms with Crippen molar-refractivity contribution in [2.75, 3.05) is 12.8 Å². The Morgan fingerprint density at radius 2 is 2.22 bits per heavy atom. The van der Waals surface area contributed by atoms with Gasteiger partial charge in [0.25, 0.3) is 5.91 Å². The molecule has 0 radical (unpaired) electrons. The summed E-state index contributed by atoms with van der Waals surface area (Å²) in [4.78, 5) is 12.0. The minimum Gasteiger partial charge on any atom is -0.507 e. The molecule has 1 amide bonds. The molecule has 1 fully saturated rings. The van der Waals surface area contributed by atoms with Crippen LogP contribution in [0.25, 0.3) is 0 Å². The van der Waals surface area contributed by atoms with Crippen LogP contribution in [0.2, 0.25) is 0 Å². The maximum Gasteiger partial charge on any atom is 0.255 e. The average molecular weight is 265 g/mol. The molecule has 98 valence electrons. The molecule has 0 spiro atoms. The molecule has 4 heteroatoms. The third kappa shape index (κ3) is 2.48. The monoisotopic (exact) mass is 265 g/mol. The Balaban J connectivity index is 2.02. The van der Waals surface area contributed by atoms with Crippen LogP contribution in [0.3, 0.4) is 0 Å². The first kappa shape index (κ1) is 13.3. The van der Waals surface area contributed by atoms with Gasteiger partial charge in [-0.2, -0.15) is 11.8 Å². The molecule has 1 aliphatic rings. The van der Waals surface area contributed by atoms with Crippen LogP contribution in [0.5, 0.6) is 5.75 Å². The van der Waals surface area contributed by atoms with Gasteiger partial charge in [-0.1, -0.05) is 18.6 Å². The third-order valence-corrected chi connectivity index (χ3v) is 5.17. The number of hydrogen-bond acceptors (Lipinski definition) is 3. The number of benzene rings is 1. The quantitative estimate of drug-likeness (QED) is 0.880. The van der Waals surface area contributed by atoms with Crippen molar-refractivity contribution in [2.45, 2.75) is 30.9 Å². The van der Waals surface area contributed by atoms with Gasteiger partial charge in [-0.3, -0.25) is 4.79 Å². The molecule has 0 atom stereocenters. The lowest BCUT2D eigenvalue weighted by Crippen LogP contribution is -2.45. The van der Waals surface area contributed by atoms with E-state index in [0.29, 0.717) is 12.1 Å². The van der Waals surface area contributed by atoms with Crippen LogP contribution in [0.1, 0.15) is 35.2 Å². The summed E-state index contributed by atoms with van der Waals surface area (Å²) in [6.07, 6.45) is 5.66. The predicted molar refractivity (Wildman–Crippen MR) is 75.3 cm³/mol. The van der Waals surface area contributed by atoms with E-state index >= 15 is 0 Å². The fourth-order valence-electron chi connectivity index (χ4n) is 2.20. The van der Waals surface area contributed by atoms with Crippen molar-refractivity contribution in [1.29, 1.82) is 0 Å². The molecule has 2 rings (SSSR count). The highest BCUT2D eigenvalue weighted by molar-refractivity contribution is 8.00. The molecular weight excluding hydrogens is 246 g/mol. The summed E-state index contributed by atoms with van der Waals surface area (Å²) in [5, 5.41) is 12.8. The predicted octanol–water partition coefficient (Wildman–Crippen LogP) is 2.72. The second-order valence-electron chi connectivity index (χ2n) is 4.89. The molecule has 2 N–H and O–H groups in total. The van der Waals surface area contributed by atoms with Gasteiger partial charge < -0.3 is 10.4 Å². The molecule has 0 aliphatic heterocycles. The number of thioether (sulfide) groups is 1. The maximum absolute atomic E-state index is 12.0. The van der Waals surface area contributed by atoms with Crippen molar-refractivity contribution in [1.82, 2.24) is 5.32 Å². The van der Waals surface area contributed by atoms with E-state index in [1.54, 1.807) is 25.1 Å². The SMILES string of the molecule is CSC1(CNC(=O)c2cccc(C)c2O)CCC1. The van der Waals surface area contributed by atoms with Gasteiger partial charge in [-0.05, 0) is 37.7 Å². The number of phenols is 1. The van der Waals surface area contributed by atoms with Crippen LogP contribution >= 0.6 is 11.8 Å². The van der Waals surface area contributed by atoms with E-state index in [0.717, 1.165) is 18.4 Å². The number of hydrogen-bond donors (Lipinski definition) is 2. The number of aryl methyl sites for hydroxylation is 1. The number of aromatic hydroxyl groups is 1. The van der Waals surface area contributed by atoms with Crippen molar-refractivity contribution in [3.8, 4) is 5.75 Å². The van der Waals surface area contributed by atoms with Crippen LogP contribution in [0.15, 0.2) is 18.2 Å². The number of nitrogens with one attached hydrogen (secondary N) is 1. The lowest BCUT2D eigenvalue weighted by atomic mass is 9.84. The molecule has 18 heavy (non-hydrogen) atoms. The van der Waals surface area contributed by atoms with Gasteiger partial charge in [-0.25, -0.2) is 0 Å². The van der Waals surface area contributed by atoms with E-state index in [1.807, 2.05) is 11.8 Å². The van der Waals surface area contributed by atoms with Gasteiger partial charge in [0.05, 0.1) is 5.56 Å². The normalized spacial score (nSPS) is 17.0. The molecule has 0 aromatic heterocycles. The van der Waals surface area contributed by atoms with Gasteiger partial charge in [0.2, 0.25) is 0 Å². The second-order valence-corrected chi connectivity index (χ2v) is 6.17. The molecule has 3 nitrogen and oxygen atoms in total. The van der Waals surface area contributed by atoms with Crippen LogP contribution in [0.4, 0.5) is 0 Å². The molecule has 1 aliphatic carbocycles. The Hall–Kier alpha value is -1.16. The van der Waals surface area contributed by atoms with Gasteiger partial charge in [0.1, 0.15) is 5.75 Å². The standard InChI is InChI=1S/C14H19NO2S/c1-10-5-3-6-11(12(10)16)13(17)15-9-14(18-2)7-4-8-14/h3,5-6,16H,4,7-9H2,1-2H3,(H,15,17). The van der Waals surface area contributed by atoms with Crippen LogP contribution < -0.4 is 5.32 Å². The summed E-state index contributed by atoms with van der Waals surface area (Å²) >= 11 is 1.83. The van der Waals surface area contributed by atoms with Crippen molar-refractivity contribution in [3.05, 3.63) is 29.3 Å². The highest BCUT2D eigenvalue weighted by Gasteiger charge is 2.36. The van der Waals surface area contributed by atoms with Crippen molar-refractivity contribution < 1.29 is 9.90 Å². The number of rotatable bonds is 4. The average Bonchev–Trinajstić information content (AvgIpc) is 2.31. The minimum atomic E-state index is -0.184. The summed E-state index contributed by atoms with van der Waals surface area (Å²) in [6.45, 7) is 2.47. The van der Waals surface area contributed by atoms with E-state index in [2.05, 4.69) is 11.6 Å². The Bertz CT molecular complexity index is 450. The molecule has 0 unspecified atom stereocenters. The fourth-order valence-corrected chi connectivity index (χ4v) is 3.12. The van der Waals surface area contributed by atoms with Gasteiger partial charge in [-0.15, -0.1) is 0 Å². The first-order chi connectivity index (χ1) is 8.58. The van der Waals surface area contributed by atoms with E-state index < -0.39 is 0 Å². The second kappa shape index (κ2) is 5.22. The summed E-state index contributed by atoms with van der Waals surface area (Å²) in [5.41, 5.74) is 1.09. The topological polar surface area (TPSA) is 49.3 Å². The van der Waals surface area contributed by atoms with Crippen LogP contribution in [0, 0.1) is 6.92 Å². The summed E-state index contributed by atoms with van der Waals surface area (Å²) in [6, 6.07) is 5.24. The molecule has 0 bridgehead atoms. The van der Waals surface area contributed by atoms with E-state index in [4.69, 9.17) is 0 Å². The van der Waals surface area contributed by atoms with E-state index in [1.165, 1.54) is 6.42 Å². The number of carbonyl (C=O) groups is 1.